The number of aromatic amines is 1. The highest BCUT2D eigenvalue weighted by atomic mass is 19.1. The van der Waals surface area contributed by atoms with Gasteiger partial charge in [0.05, 0.1) is 0 Å². The highest BCUT2D eigenvalue weighted by Crippen LogP contribution is 2.23. The zero-order valence-electron chi connectivity index (χ0n) is 15.7. The van der Waals surface area contributed by atoms with E-state index in [0.29, 0.717) is 37.3 Å². The number of halogens is 1. The average molecular weight is 379 g/mol. The zero-order valence-corrected chi connectivity index (χ0v) is 15.7. The molecule has 0 aliphatic carbocycles. The molecule has 4 rings (SSSR count). The summed E-state index contributed by atoms with van der Waals surface area (Å²) in [6.45, 7) is 3.09. The van der Waals surface area contributed by atoms with Crippen molar-refractivity contribution in [2.75, 3.05) is 18.4 Å². The quantitative estimate of drug-likeness (QED) is 0.719. The second kappa shape index (κ2) is 7.46. The summed E-state index contributed by atoms with van der Waals surface area (Å²) in [5, 5.41) is 3.84. The molecule has 2 N–H and O–H groups in total. The Morgan fingerprint density at radius 2 is 1.79 bits per heavy atom. The first kappa shape index (κ1) is 18.2. The molecule has 0 spiro atoms. The number of nitrogens with zero attached hydrogens (tertiary/aromatic N) is 1. The molecule has 2 heterocycles. The lowest BCUT2D eigenvalue weighted by atomic mass is 9.95. The number of H-pyrrole nitrogens is 1. The molecular weight excluding hydrogens is 357 g/mol. The Morgan fingerprint density at radius 1 is 1.07 bits per heavy atom. The molecule has 1 aliphatic rings. The molecular formula is C22H22FN3O2. The average Bonchev–Trinajstić information content (AvgIpc) is 3.12. The van der Waals surface area contributed by atoms with E-state index >= 15 is 0 Å². The molecule has 0 unspecified atom stereocenters. The topological polar surface area (TPSA) is 65.2 Å². The number of hydrogen-bond acceptors (Lipinski definition) is 2. The Hall–Kier alpha value is -3.15. The van der Waals surface area contributed by atoms with Crippen LogP contribution >= 0.6 is 0 Å². The van der Waals surface area contributed by atoms with Gasteiger partial charge in [0.15, 0.2) is 0 Å². The van der Waals surface area contributed by atoms with Gasteiger partial charge in [0, 0.05) is 35.6 Å². The van der Waals surface area contributed by atoms with E-state index in [4.69, 9.17) is 0 Å². The maximum Gasteiger partial charge on any atom is 0.270 e. The van der Waals surface area contributed by atoms with E-state index in [1.807, 2.05) is 31.2 Å². The molecule has 1 saturated heterocycles. The Labute approximate surface area is 162 Å². The fraction of sp³-hybridized carbons (Fsp3) is 0.273. The number of aromatic nitrogens is 1. The summed E-state index contributed by atoms with van der Waals surface area (Å²) in [6.07, 6.45) is 1.22. The van der Waals surface area contributed by atoms with Crippen molar-refractivity contribution in [1.29, 1.82) is 0 Å². The molecule has 28 heavy (non-hydrogen) atoms. The van der Waals surface area contributed by atoms with E-state index in [-0.39, 0.29) is 23.5 Å². The Kier molecular flexibility index (Phi) is 4.86. The minimum absolute atomic E-state index is 0.0359. The van der Waals surface area contributed by atoms with Crippen LogP contribution in [0, 0.1) is 18.7 Å². The number of nitrogens with one attached hydrogen (secondary N) is 2. The largest absolute Gasteiger partial charge is 0.351 e. The van der Waals surface area contributed by atoms with Gasteiger partial charge in [-0.3, -0.25) is 9.59 Å². The summed E-state index contributed by atoms with van der Waals surface area (Å²) in [7, 11) is 0. The molecule has 0 atom stereocenters. The molecule has 0 saturated carbocycles. The SMILES string of the molecule is Cc1ccc2cc(C(=O)N3CCC(C(=O)Nc4ccc(F)cc4)CC3)[nH]c2c1. The van der Waals surface area contributed by atoms with Crippen LogP contribution in [0.2, 0.25) is 0 Å². The lowest BCUT2D eigenvalue weighted by Crippen LogP contribution is -2.41. The number of anilines is 1. The number of rotatable bonds is 3. The molecule has 6 heteroatoms. The van der Waals surface area contributed by atoms with Crippen molar-refractivity contribution in [1.82, 2.24) is 9.88 Å². The Balaban J connectivity index is 1.36. The minimum Gasteiger partial charge on any atom is -0.351 e. The van der Waals surface area contributed by atoms with Crippen molar-refractivity contribution in [3.05, 3.63) is 65.6 Å². The number of piperidine rings is 1. The number of fused-ring (bicyclic) bond motifs is 1. The summed E-state index contributed by atoms with van der Waals surface area (Å²) in [5.41, 5.74) is 3.26. The third-order valence-corrected chi connectivity index (χ3v) is 5.27. The normalized spacial score (nSPS) is 15.0. The molecule has 1 fully saturated rings. The fourth-order valence-electron chi connectivity index (χ4n) is 3.65. The standard InChI is InChI=1S/C22H22FN3O2/c1-14-2-3-16-13-20(25-19(16)12-14)22(28)26-10-8-15(9-11-26)21(27)24-18-6-4-17(23)5-7-18/h2-7,12-13,15,25H,8-11H2,1H3,(H,24,27). The number of aryl methyl sites for hydroxylation is 1. The maximum atomic E-state index is 13.0. The molecule has 2 aromatic carbocycles. The fourth-order valence-corrected chi connectivity index (χ4v) is 3.65. The van der Waals surface area contributed by atoms with E-state index < -0.39 is 0 Å². The first-order chi connectivity index (χ1) is 13.5. The van der Waals surface area contributed by atoms with E-state index in [2.05, 4.69) is 10.3 Å². The summed E-state index contributed by atoms with van der Waals surface area (Å²) >= 11 is 0. The Morgan fingerprint density at radius 3 is 2.50 bits per heavy atom. The predicted molar refractivity (Wildman–Crippen MR) is 107 cm³/mol. The first-order valence-corrected chi connectivity index (χ1v) is 9.45. The monoisotopic (exact) mass is 379 g/mol. The van der Waals surface area contributed by atoms with E-state index in [0.717, 1.165) is 16.5 Å². The third kappa shape index (κ3) is 3.76. The van der Waals surface area contributed by atoms with Crippen LogP contribution in [0.3, 0.4) is 0 Å². The third-order valence-electron chi connectivity index (χ3n) is 5.27. The lowest BCUT2D eigenvalue weighted by molar-refractivity contribution is -0.121. The summed E-state index contributed by atoms with van der Waals surface area (Å²) in [5.74, 6) is -0.609. The van der Waals surface area contributed by atoms with E-state index in [9.17, 15) is 14.0 Å². The van der Waals surface area contributed by atoms with Crippen LogP contribution in [0.25, 0.3) is 10.9 Å². The van der Waals surface area contributed by atoms with Gasteiger partial charge in [0.1, 0.15) is 11.5 Å². The van der Waals surface area contributed by atoms with Crippen LogP contribution < -0.4 is 5.32 Å². The number of carbonyl (C=O) groups excluding carboxylic acids is 2. The predicted octanol–water partition coefficient (Wildman–Crippen LogP) is 4.11. The minimum atomic E-state index is -0.336. The molecule has 2 amide bonds. The number of benzene rings is 2. The molecule has 0 bridgehead atoms. The second-order valence-corrected chi connectivity index (χ2v) is 7.34. The van der Waals surface area contributed by atoms with Crippen molar-refractivity contribution in [2.45, 2.75) is 19.8 Å². The lowest BCUT2D eigenvalue weighted by Gasteiger charge is -2.31. The van der Waals surface area contributed by atoms with Gasteiger partial charge in [-0.25, -0.2) is 4.39 Å². The Bertz CT molecular complexity index is 1020. The van der Waals surface area contributed by atoms with Gasteiger partial charge in [-0.2, -0.15) is 0 Å². The van der Waals surface area contributed by atoms with Gasteiger partial charge in [0.2, 0.25) is 5.91 Å². The van der Waals surface area contributed by atoms with Crippen LogP contribution in [0.4, 0.5) is 10.1 Å². The highest BCUT2D eigenvalue weighted by molar-refractivity contribution is 5.98. The number of likely N-dealkylation sites (tertiary alicyclic amines) is 1. The molecule has 144 valence electrons. The van der Waals surface area contributed by atoms with Gasteiger partial charge in [-0.05, 0) is 61.7 Å². The second-order valence-electron chi connectivity index (χ2n) is 7.34. The molecule has 0 radical (unpaired) electrons. The van der Waals surface area contributed by atoms with Crippen LogP contribution in [0.5, 0.6) is 0 Å². The molecule has 3 aromatic rings. The van der Waals surface area contributed by atoms with Gasteiger partial charge >= 0.3 is 0 Å². The first-order valence-electron chi connectivity index (χ1n) is 9.45. The van der Waals surface area contributed by atoms with Gasteiger partial charge in [-0.1, -0.05) is 12.1 Å². The van der Waals surface area contributed by atoms with Gasteiger partial charge in [-0.15, -0.1) is 0 Å². The van der Waals surface area contributed by atoms with Gasteiger partial charge in [0.25, 0.3) is 5.91 Å². The molecule has 1 aromatic heterocycles. The smallest absolute Gasteiger partial charge is 0.270 e. The maximum absolute atomic E-state index is 13.0. The number of amides is 2. The van der Waals surface area contributed by atoms with Crippen LogP contribution in [-0.4, -0.2) is 34.8 Å². The summed E-state index contributed by atoms with van der Waals surface area (Å²) < 4.78 is 13.0. The zero-order chi connectivity index (χ0) is 19.7. The van der Waals surface area contributed by atoms with Crippen molar-refractivity contribution in [2.24, 2.45) is 5.92 Å². The van der Waals surface area contributed by atoms with Crippen molar-refractivity contribution >= 4 is 28.4 Å². The van der Waals surface area contributed by atoms with E-state index in [1.165, 1.54) is 12.1 Å². The molecule has 5 nitrogen and oxygen atoms in total. The summed E-state index contributed by atoms with van der Waals surface area (Å²) in [4.78, 5) is 30.2. The van der Waals surface area contributed by atoms with Crippen LogP contribution in [-0.2, 0) is 4.79 Å². The van der Waals surface area contributed by atoms with Crippen LogP contribution in [0.15, 0.2) is 48.5 Å². The summed E-state index contributed by atoms with van der Waals surface area (Å²) in [6, 6.07) is 13.7. The van der Waals surface area contributed by atoms with Crippen molar-refractivity contribution in [3.63, 3.8) is 0 Å². The van der Waals surface area contributed by atoms with Crippen LogP contribution in [0.1, 0.15) is 28.9 Å². The highest BCUT2D eigenvalue weighted by Gasteiger charge is 2.28. The van der Waals surface area contributed by atoms with Crippen molar-refractivity contribution < 1.29 is 14.0 Å². The number of carbonyl (C=O) groups is 2. The molecule has 1 aliphatic heterocycles. The van der Waals surface area contributed by atoms with Gasteiger partial charge < -0.3 is 15.2 Å². The van der Waals surface area contributed by atoms with E-state index in [1.54, 1.807) is 17.0 Å². The van der Waals surface area contributed by atoms with Crippen molar-refractivity contribution in [3.8, 4) is 0 Å². The number of hydrogen-bond donors (Lipinski definition) is 2.